The van der Waals surface area contributed by atoms with E-state index in [9.17, 15) is 4.79 Å². The van der Waals surface area contributed by atoms with E-state index in [0.717, 1.165) is 0 Å². The van der Waals surface area contributed by atoms with E-state index >= 15 is 0 Å². The van der Waals surface area contributed by atoms with Crippen LogP contribution >= 0.6 is 23.2 Å². The minimum absolute atomic E-state index is 0.0921. The third kappa shape index (κ3) is 4.72. The Morgan fingerprint density at radius 3 is 2.61 bits per heavy atom. The molecule has 100 valence electrons. The van der Waals surface area contributed by atoms with Crippen LogP contribution in [0.15, 0.2) is 18.2 Å². The average Bonchev–Trinajstić information content (AvgIpc) is 2.30. The molecule has 0 bridgehead atoms. The van der Waals surface area contributed by atoms with Gasteiger partial charge >= 0.3 is 5.97 Å². The van der Waals surface area contributed by atoms with Crippen molar-refractivity contribution in [1.82, 2.24) is 5.32 Å². The summed E-state index contributed by atoms with van der Waals surface area (Å²) in [6.07, 6.45) is 0. The van der Waals surface area contributed by atoms with Crippen molar-refractivity contribution >= 4 is 29.2 Å². The standard InChI is InChI=1S/C12H15Cl2NO3/c1-7(15-8(2)12(16)17)6-18-9-3-4-10(13)11(14)5-9/h3-5,7-8,15H,6H2,1-2H3,(H,16,17)/t7?,8-/m1/s1. The van der Waals surface area contributed by atoms with Crippen molar-refractivity contribution in [3.8, 4) is 5.75 Å². The van der Waals surface area contributed by atoms with E-state index in [0.29, 0.717) is 22.4 Å². The lowest BCUT2D eigenvalue weighted by atomic mass is 10.2. The Kier molecular flexibility index (Phi) is 5.72. The van der Waals surface area contributed by atoms with Gasteiger partial charge in [-0.2, -0.15) is 0 Å². The predicted octanol–water partition coefficient (Wildman–Crippen LogP) is 2.82. The van der Waals surface area contributed by atoms with Crippen LogP contribution in [0.3, 0.4) is 0 Å². The van der Waals surface area contributed by atoms with Gasteiger partial charge in [0.05, 0.1) is 10.0 Å². The van der Waals surface area contributed by atoms with Crippen molar-refractivity contribution in [2.45, 2.75) is 25.9 Å². The van der Waals surface area contributed by atoms with Crippen molar-refractivity contribution < 1.29 is 14.6 Å². The van der Waals surface area contributed by atoms with Gasteiger partial charge in [-0.3, -0.25) is 10.1 Å². The van der Waals surface area contributed by atoms with Crippen molar-refractivity contribution in [3.63, 3.8) is 0 Å². The van der Waals surface area contributed by atoms with E-state index < -0.39 is 12.0 Å². The highest BCUT2D eigenvalue weighted by atomic mass is 35.5. The molecule has 0 radical (unpaired) electrons. The maximum absolute atomic E-state index is 10.7. The lowest BCUT2D eigenvalue weighted by molar-refractivity contribution is -0.139. The number of hydrogen-bond donors (Lipinski definition) is 2. The maximum atomic E-state index is 10.7. The number of carboxylic acid groups (broad SMARTS) is 1. The molecule has 0 saturated heterocycles. The molecule has 0 heterocycles. The summed E-state index contributed by atoms with van der Waals surface area (Å²) in [7, 11) is 0. The zero-order chi connectivity index (χ0) is 13.7. The predicted molar refractivity (Wildman–Crippen MR) is 71.7 cm³/mol. The first-order chi connectivity index (χ1) is 8.40. The van der Waals surface area contributed by atoms with Gasteiger partial charge in [-0.15, -0.1) is 0 Å². The molecule has 0 aliphatic rings. The third-order valence-corrected chi connectivity index (χ3v) is 3.04. The van der Waals surface area contributed by atoms with Crippen LogP contribution in [0.2, 0.25) is 10.0 Å². The lowest BCUT2D eigenvalue weighted by Crippen LogP contribution is -2.42. The molecule has 1 unspecified atom stereocenters. The molecule has 0 amide bonds. The van der Waals surface area contributed by atoms with Crippen LogP contribution < -0.4 is 10.1 Å². The van der Waals surface area contributed by atoms with E-state index in [1.165, 1.54) is 0 Å². The number of aliphatic carboxylic acids is 1. The summed E-state index contributed by atoms with van der Waals surface area (Å²) in [6.45, 7) is 3.77. The Bertz CT molecular complexity index is 426. The van der Waals surface area contributed by atoms with Crippen molar-refractivity contribution in [2.75, 3.05) is 6.61 Å². The maximum Gasteiger partial charge on any atom is 0.320 e. The Morgan fingerprint density at radius 1 is 1.39 bits per heavy atom. The Morgan fingerprint density at radius 2 is 2.06 bits per heavy atom. The monoisotopic (exact) mass is 291 g/mol. The molecule has 2 N–H and O–H groups in total. The molecular weight excluding hydrogens is 277 g/mol. The largest absolute Gasteiger partial charge is 0.492 e. The van der Waals surface area contributed by atoms with Gasteiger partial charge in [0.2, 0.25) is 0 Å². The number of benzene rings is 1. The van der Waals surface area contributed by atoms with Crippen molar-refractivity contribution in [2.24, 2.45) is 0 Å². The molecule has 1 aromatic rings. The van der Waals surface area contributed by atoms with Gasteiger partial charge in [0.1, 0.15) is 18.4 Å². The molecule has 0 fully saturated rings. The van der Waals surface area contributed by atoms with Crippen LogP contribution in [0.25, 0.3) is 0 Å². The second-order valence-corrected chi connectivity index (χ2v) is 4.83. The summed E-state index contributed by atoms with van der Waals surface area (Å²) >= 11 is 11.6. The molecule has 0 saturated carbocycles. The fourth-order valence-corrected chi connectivity index (χ4v) is 1.62. The van der Waals surface area contributed by atoms with Crippen LogP contribution in [0.4, 0.5) is 0 Å². The van der Waals surface area contributed by atoms with E-state index in [1.807, 2.05) is 6.92 Å². The second-order valence-electron chi connectivity index (χ2n) is 4.01. The summed E-state index contributed by atoms with van der Waals surface area (Å²) < 4.78 is 5.49. The lowest BCUT2D eigenvalue weighted by Gasteiger charge is -2.17. The van der Waals surface area contributed by atoms with Crippen LogP contribution in [-0.2, 0) is 4.79 Å². The SMILES string of the molecule is CC(COc1ccc(Cl)c(Cl)c1)N[C@H](C)C(=O)O. The smallest absolute Gasteiger partial charge is 0.320 e. The minimum Gasteiger partial charge on any atom is -0.492 e. The Balaban J connectivity index is 2.44. The normalized spacial score (nSPS) is 14.0. The number of halogens is 2. The van der Waals surface area contributed by atoms with Gasteiger partial charge in [-0.05, 0) is 26.0 Å². The number of carbonyl (C=O) groups is 1. The first-order valence-corrected chi connectivity index (χ1v) is 6.22. The first kappa shape index (κ1) is 15.1. The number of ether oxygens (including phenoxy) is 1. The summed E-state index contributed by atoms with van der Waals surface area (Å²) in [5.74, 6) is -0.294. The van der Waals surface area contributed by atoms with Gasteiger partial charge < -0.3 is 9.84 Å². The number of rotatable bonds is 6. The second kappa shape index (κ2) is 6.83. The fourth-order valence-electron chi connectivity index (χ4n) is 1.33. The van der Waals surface area contributed by atoms with Crippen molar-refractivity contribution in [3.05, 3.63) is 28.2 Å². The molecule has 1 aromatic carbocycles. The fraction of sp³-hybridized carbons (Fsp3) is 0.417. The van der Waals surface area contributed by atoms with Gasteiger partial charge in [-0.25, -0.2) is 0 Å². The molecule has 1 rings (SSSR count). The highest BCUT2D eigenvalue weighted by Gasteiger charge is 2.14. The first-order valence-electron chi connectivity index (χ1n) is 5.47. The van der Waals surface area contributed by atoms with E-state index in [2.05, 4.69) is 5.32 Å². The zero-order valence-corrected chi connectivity index (χ0v) is 11.6. The number of nitrogens with one attached hydrogen (secondary N) is 1. The van der Waals surface area contributed by atoms with Gasteiger partial charge in [0, 0.05) is 12.1 Å². The minimum atomic E-state index is -0.892. The number of hydrogen-bond acceptors (Lipinski definition) is 3. The van der Waals surface area contributed by atoms with E-state index in [4.69, 9.17) is 33.0 Å². The molecule has 0 spiro atoms. The highest BCUT2D eigenvalue weighted by Crippen LogP contribution is 2.26. The van der Waals surface area contributed by atoms with Crippen molar-refractivity contribution in [1.29, 1.82) is 0 Å². The van der Waals surface area contributed by atoms with Gasteiger partial charge in [-0.1, -0.05) is 23.2 Å². The van der Waals surface area contributed by atoms with Gasteiger partial charge in [0.15, 0.2) is 0 Å². The summed E-state index contributed by atoms with van der Waals surface area (Å²) in [6, 6.07) is 4.28. The molecule has 18 heavy (non-hydrogen) atoms. The molecule has 2 atom stereocenters. The quantitative estimate of drug-likeness (QED) is 0.846. The highest BCUT2D eigenvalue weighted by molar-refractivity contribution is 6.42. The zero-order valence-electron chi connectivity index (χ0n) is 10.1. The summed E-state index contributed by atoms with van der Waals surface area (Å²) in [5.41, 5.74) is 0. The van der Waals surface area contributed by atoms with E-state index in [1.54, 1.807) is 25.1 Å². The van der Waals surface area contributed by atoms with Crippen LogP contribution in [0.1, 0.15) is 13.8 Å². The van der Waals surface area contributed by atoms with E-state index in [-0.39, 0.29) is 6.04 Å². The molecule has 0 aliphatic heterocycles. The van der Waals surface area contributed by atoms with Crippen LogP contribution in [-0.4, -0.2) is 29.8 Å². The third-order valence-electron chi connectivity index (χ3n) is 2.30. The topological polar surface area (TPSA) is 58.6 Å². The summed E-state index contributed by atoms with van der Waals surface area (Å²) in [5, 5.41) is 12.5. The molecule has 6 heteroatoms. The number of carboxylic acids is 1. The Hall–Kier alpha value is -0.970. The van der Waals surface area contributed by atoms with Gasteiger partial charge in [0.25, 0.3) is 0 Å². The molecule has 0 aliphatic carbocycles. The average molecular weight is 292 g/mol. The van der Waals surface area contributed by atoms with Crippen LogP contribution in [0.5, 0.6) is 5.75 Å². The summed E-state index contributed by atoms with van der Waals surface area (Å²) in [4.78, 5) is 10.7. The molecule has 4 nitrogen and oxygen atoms in total. The molecular formula is C12H15Cl2NO3. The Labute approximate surface area is 116 Å². The van der Waals surface area contributed by atoms with Crippen LogP contribution in [0, 0.1) is 0 Å². The molecule has 0 aromatic heterocycles.